The number of Topliss-reactive ketones (excluding diaryl/α,β-unsaturated/α-hetero) is 1. The number of ether oxygens (including phenoxy) is 3. The maximum Gasteiger partial charge on any atom is 0.300 e. The fraction of sp³-hybridized carbons (Fsp3) is 0.214. The average molecular weight is 492 g/mol. The molecule has 1 N–H and O–H groups in total. The van der Waals surface area contributed by atoms with Crippen molar-refractivity contribution in [1.29, 1.82) is 0 Å². The van der Waals surface area contributed by atoms with Crippen molar-refractivity contribution in [2.45, 2.75) is 19.9 Å². The number of carbonyl (C=O) groups excluding carboxylic acids is 2. The van der Waals surface area contributed by atoms with Crippen molar-refractivity contribution in [3.05, 3.63) is 89.2 Å². The molecular weight excluding hydrogens is 465 g/mol. The molecule has 0 saturated carbocycles. The first-order valence-corrected chi connectivity index (χ1v) is 11.5. The number of ketones is 1. The van der Waals surface area contributed by atoms with Gasteiger partial charge < -0.3 is 19.3 Å². The molecule has 0 bridgehead atoms. The lowest BCUT2D eigenvalue weighted by molar-refractivity contribution is -0.132. The third kappa shape index (κ3) is 4.49. The van der Waals surface area contributed by atoms with Crippen LogP contribution in [0.5, 0.6) is 17.2 Å². The van der Waals surface area contributed by atoms with Gasteiger partial charge in [0.25, 0.3) is 11.7 Å². The van der Waals surface area contributed by atoms with Crippen LogP contribution in [0.1, 0.15) is 31.0 Å². The quantitative estimate of drug-likeness (QED) is 0.263. The van der Waals surface area contributed by atoms with Gasteiger partial charge in [-0.1, -0.05) is 30.3 Å². The molecule has 1 heterocycles. The van der Waals surface area contributed by atoms with Crippen LogP contribution < -0.4 is 19.1 Å². The fourth-order valence-electron chi connectivity index (χ4n) is 4.25. The summed E-state index contributed by atoms with van der Waals surface area (Å²) in [6, 6.07) is 16.4. The maximum absolute atomic E-state index is 14.1. The van der Waals surface area contributed by atoms with E-state index in [2.05, 4.69) is 0 Å². The highest BCUT2D eigenvalue weighted by molar-refractivity contribution is 6.51. The topological polar surface area (TPSA) is 85.3 Å². The minimum absolute atomic E-state index is 0.0295. The number of halogens is 1. The highest BCUT2D eigenvalue weighted by atomic mass is 19.1. The second-order valence-corrected chi connectivity index (χ2v) is 7.92. The number of anilines is 1. The molecule has 0 spiro atoms. The first-order valence-electron chi connectivity index (χ1n) is 11.5. The molecule has 1 amide bonds. The molecular formula is C28H26FNO6. The molecule has 36 heavy (non-hydrogen) atoms. The minimum Gasteiger partial charge on any atom is -0.507 e. The number of aliphatic hydroxyl groups is 1. The Morgan fingerprint density at radius 2 is 1.58 bits per heavy atom. The molecule has 0 aliphatic carbocycles. The second-order valence-electron chi connectivity index (χ2n) is 7.92. The van der Waals surface area contributed by atoms with Gasteiger partial charge in [0.05, 0.1) is 37.5 Å². The van der Waals surface area contributed by atoms with Crippen LogP contribution in [0.2, 0.25) is 0 Å². The number of carbonyl (C=O) groups is 2. The Morgan fingerprint density at radius 3 is 2.25 bits per heavy atom. The lowest BCUT2D eigenvalue weighted by Crippen LogP contribution is -2.29. The smallest absolute Gasteiger partial charge is 0.300 e. The summed E-state index contributed by atoms with van der Waals surface area (Å²) in [5.41, 5.74) is 0.753. The summed E-state index contributed by atoms with van der Waals surface area (Å²) in [6.07, 6.45) is 0. The summed E-state index contributed by atoms with van der Waals surface area (Å²) in [4.78, 5) is 28.0. The zero-order valence-electron chi connectivity index (χ0n) is 20.2. The van der Waals surface area contributed by atoms with Gasteiger partial charge in [-0.3, -0.25) is 14.5 Å². The van der Waals surface area contributed by atoms with E-state index >= 15 is 0 Å². The van der Waals surface area contributed by atoms with Gasteiger partial charge >= 0.3 is 0 Å². The Hall–Kier alpha value is -4.33. The second kappa shape index (κ2) is 10.5. The standard InChI is InChI=1S/C28H26FNO6/c1-4-35-22-14-12-19(16-23(22)36-5-2)30-25(17-9-7-6-8-10-17)24(27(32)28(30)33)26(31)20-15-18(29)11-13-21(20)34-3/h6-16,25,31H,4-5H2,1-3H3/b26-24+. The molecule has 8 heteroatoms. The number of hydrogen-bond acceptors (Lipinski definition) is 6. The van der Waals surface area contributed by atoms with Crippen molar-refractivity contribution in [1.82, 2.24) is 0 Å². The van der Waals surface area contributed by atoms with Crippen molar-refractivity contribution in [3.63, 3.8) is 0 Å². The fourth-order valence-corrected chi connectivity index (χ4v) is 4.25. The SMILES string of the molecule is CCOc1ccc(N2C(=O)C(=O)/C(=C(/O)c3cc(F)ccc3OC)C2c2ccccc2)cc1OCC. The van der Waals surface area contributed by atoms with Crippen LogP contribution >= 0.6 is 0 Å². The van der Waals surface area contributed by atoms with Crippen molar-refractivity contribution in [3.8, 4) is 17.2 Å². The van der Waals surface area contributed by atoms with Crippen molar-refractivity contribution in [2.75, 3.05) is 25.2 Å². The summed E-state index contributed by atoms with van der Waals surface area (Å²) in [5.74, 6) is -1.83. The number of rotatable bonds is 8. The molecule has 7 nitrogen and oxygen atoms in total. The Labute approximate surface area is 208 Å². The van der Waals surface area contributed by atoms with Gasteiger partial charge in [0.15, 0.2) is 11.5 Å². The number of benzene rings is 3. The van der Waals surface area contributed by atoms with Gasteiger partial charge in [0.2, 0.25) is 0 Å². The van der Waals surface area contributed by atoms with Crippen LogP contribution in [0.15, 0.2) is 72.3 Å². The Bertz CT molecular complexity index is 1320. The number of amides is 1. The Morgan fingerprint density at radius 1 is 0.917 bits per heavy atom. The number of hydrogen-bond donors (Lipinski definition) is 1. The summed E-state index contributed by atoms with van der Waals surface area (Å²) in [7, 11) is 1.37. The summed E-state index contributed by atoms with van der Waals surface area (Å²) >= 11 is 0. The van der Waals surface area contributed by atoms with Crippen molar-refractivity contribution >= 4 is 23.1 Å². The van der Waals surface area contributed by atoms with Crippen LogP contribution in [0, 0.1) is 5.82 Å². The molecule has 4 rings (SSSR count). The molecule has 0 aromatic heterocycles. The molecule has 186 valence electrons. The molecule has 1 aliphatic rings. The van der Waals surface area contributed by atoms with Crippen LogP contribution in [0.4, 0.5) is 10.1 Å². The predicted molar refractivity (Wildman–Crippen MR) is 133 cm³/mol. The van der Waals surface area contributed by atoms with E-state index in [4.69, 9.17) is 14.2 Å². The largest absolute Gasteiger partial charge is 0.507 e. The van der Waals surface area contributed by atoms with E-state index in [1.54, 1.807) is 48.5 Å². The molecule has 1 aliphatic heterocycles. The van der Waals surface area contributed by atoms with Crippen molar-refractivity contribution < 1.29 is 33.3 Å². The van der Waals surface area contributed by atoms with E-state index in [1.165, 1.54) is 24.1 Å². The molecule has 1 atom stereocenters. The molecule has 1 unspecified atom stereocenters. The van der Waals surface area contributed by atoms with Gasteiger partial charge in [0.1, 0.15) is 17.3 Å². The average Bonchev–Trinajstić information content (AvgIpc) is 3.15. The van der Waals surface area contributed by atoms with Gasteiger partial charge in [-0.15, -0.1) is 0 Å². The monoisotopic (exact) mass is 491 g/mol. The van der Waals surface area contributed by atoms with E-state index in [1.807, 2.05) is 13.8 Å². The maximum atomic E-state index is 14.1. The van der Waals surface area contributed by atoms with Gasteiger partial charge in [0, 0.05) is 11.8 Å². The Kier molecular flexibility index (Phi) is 7.24. The van der Waals surface area contributed by atoms with E-state index in [0.717, 1.165) is 6.07 Å². The summed E-state index contributed by atoms with van der Waals surface area (Å²) < 4.78 is 30.7. The molecule has 3 aromatic rings. The van der Waals surface area contributed by atoms with Crippen LogP contribution in [0.3, 0.4) is 0 Å². The highest BCUT2D eigenvalue weighted by Crippen LogP contribution is 2.45. The lowest BCUT2D eigenvalue weighted by Gasteiger charge is -2.26. The van der Waals surface area contributed by atoms with Gasteiger partial charge in [-0.05, 0) is 49.7 Å². The van der Waals surface area contributed by atoms with E-state index in [9.17, 15) is 19.1 Å². The zero-order chi connectivity index (χ0) is 25.8. The highest BCUT2D eigenvalue weighted by Gasteiger charge is 2.47. The van der Waals surface area contributed by atoms with Crippen LogP contribution in [-0.2, 0) is 9.59 Å². The van der Waals surface area contributed by atoms with Crippen LogP contribution in [0.25, 0.3) is 5.76 Å². The Balaban J connectivity index is 1.94. The minimum atomic E-state index is -0.980. The van der Waals surface area contributed by atoms with E-state index in [-0.39, 0.29) is 16.9 Å². The van der Waals surface area contributed by atoms with Gasteiger partial charge in [-0.25, -0.2) is 4.39 Å². The third-order valence-corrected chi connectivity index (χ3v) is 5.78. The third-order valence-electron chi connectivity index (χ3n) is 5.78. The first kappa shape index (κ1) is 24.8. The molecule has 0 radical (unpaired) electrons. The summed E-state index contributed by atoms with van der Waals surface area (Å²) in [5, 5.41) is 11.3. The normalized spacial score (nSPS) is 16.8. The number of nitrogens with zero attached hydrogens (tertiary/aromatic N) is 1. The van der Waals surface area contributed by atoms with E-state index in [0.29, 0.717) is 36.0 Å². The molecule has 3 aromatic carbocycles. The lowest BCUT2D eigenvalue weighted by atomic mass is 9.95. The molecule has 1 saturated heterocycles. The number of methoxy groups -OCH3 is 1. The first-order chi connectivity index (χ1) is 17.4. The molecule has 1 fully saturated rings. The number of aliphatic hydroxyl groups excluding tert-OH is 1. The predicted octanol–water partition coefficient (Wildman–Crippen LogP) is 5.26. The van der Waals surface area contributed by atoms with Gasteiger partial charge in [-0.2, -0.15) is 0 Å². The summed E-state index contributed by atoms with van der Waals surface area (Å²) in [6.45, 7) is 4.45. The van der Waals surface area contributed by atoms with Crippen LogP contribution in [-0.4, -0.2) is 37.1 Å². The van der Waals surface area contributed by atoms with Crippen molar-refractivity contribution in [2.24, 2.45) is 0 Å². The zero-order valence-corrected chi connectivity index (χ0v) is 20.2. The van der Waals surface area contributed by atoms with E-state index < -0.39 is 29.3 Å².